The van der Waals surface area contributed by atoms with Crippen LogP contribution in [0.15, 0.2) is 58.6 Å². The monoisotopic (exact) mass is 344 g/mol. The summed E-state index contributed by atoms with van der Waals surface area (Å²) in [6.07, 6.45) is 2.95. The van der Waals surface area contributed by atoms with Crippen molar-refractivity contribution in [2.24, 2.45) is 0 Å². The predicted molar refractivity (Wildman–Crippen MR) is 88.4 cm³/mol. The van der Waals surface area contributed by atoms with Crippen LogP contribution in [-0.2, 0) is 4.74 Å². The minimum atomic E-state index is -0.584. The number of non-ortho nitro benzene ring substituents is 1. The number of carbonyl (C=O) groups excluding carboxylic acids is 1. The Bertz CT molecular complexity index is 907. The summed E-state index contributed by atoms with van der Waals surface area (Å²) in [6, 6.07) is 10.0. The van der Waals surface area contributed by atoms with Gasteiger partial charge in [-0.1, -0.05) is 11.8 Å². The number of anilines is 1. The Kier molecular flexibility index (Phi) is 4.34. The quantitative estimate of drug-likeness (QED) is 0.574. The van der Waals surface area contributed by atoms with E-state index >= 15 is 0 Å². The Morgan fingerprint density at radius 1 is 1.21 bits per heavy atom. The molecule has 0 radical (unpaired) electrons. The first-order valence-corrected chi connectivity index (χ1v) is 7.63. The van der Waals surface area contributed by atoms with Crippen molar-refractivity contribution in [3.05, 3.63) is 58.9 Å². The highest BCUT2D eigenvalue weighted by Gasteiger charge is 2.08. The van der Waals surface area contributed by atoms with Crippen molar-refractivity contribution in [1.29, 1.82) is 0 Å². The molecule has 0 spiro atoms. The Hall–Kier alpha value is -3.07. The molecule has 9 heteroatoms. The second-order valence-electron chi connectivity index (χ2n) is 4.73. The molecule has 0 saturated carbocycles. The van der Waals surface area contributed by atoms with Crippen molar-refractivity contribution in [2.75, 3.05) is 12.4 Å². The fourth-order valence-electron chi connectivity index (χ4n) is 2.02. The average molecular weight is 344 g/mol. The lowest BCUT2D eigenvalue weighted by Gasteiger charge is -2.02. The molecule has 24 heavy (non-hydrogen) atoms. The fourth-order valence-corrected chi connectivity index (χ4v) is 2.87. The molecule has 0 saturated heterocycles. The Labute approximate surface area is 140 Å². The number of nitrogens with one attached hydrogen (secondary N) is 1. The van der Waals surface area contributed by atoms with Gasteiger partial charge in [-0.25, -0.2) is 9.78 Å². The number of methoxy groups -OCH3 is 1. The normalized spacial score (nSPS) is 10.5. The molecule has 3 aromatic rings. The molecule has 2 heterocycles. The number of pyridine rings is 1. The van der Waals surface area contributed by atoms with Crippen LogP contribution in [0.5, 0.6) is 0 Å². The first-order chi connectivity index (χ1) is 11.5. The molecule has 2 aromatic heterocycles. The maximum atomic E-state index is 11.2. The van der Waals surface area contributed by atoms with E-state index in [1.807, 2.05) is 18.3 Å². The topological polar surface area (TPSA) is 98.8 Å². The molecule has 0 bridgehead atoms. The average Bonchev–Trinajstić information content (AvgIpc) is 2.96. The third-order valence-corrected chi connectivity index (χ3v) is 4.11. The predicted octanol–water partition coefficient (Wildman–Crippen LogP) is 3.57. The standard InChI is InChI=1S/C15H12N4O4S/c1-23-15(20)17-13-9-18-8-12(6-7-14(18)16-13)24-11-4-2-10(3-5-11)19(21)22/h2-9H,1H3,(H,17,20). The van der Waals surface area contributed by atoms with Gasteiger partial charge in [0.1, 0.15) is 5.65 Å². The number of nitrogens with zero attached hydrogens (tertiary/aromatic N) is 3. The van der Waals surface area contributed by atoms with Crippen molar-refractivity contribution in [1.82, 2.24) is 9.38 Å². The highest BCUT2D eigenvalue weighted by molar-refractivity contribution is 7.99. The maximum absolute atomic E-state index is 11.2. The van der Waals surface area contributed by atoms with E-state index in [2.05, 4.69) is 15.0 Å². The first-order valence-electron chi connectivity index (χ1n) is 6.81. The minimum absolute atomic E-state index is 0.0583. The van der Waals surface area contributed by atoms with Gasteiger partial charge in [0.2, 0.25) is 0 Å². The summed E-state index contributed by atoms with van der Waals surface area (Å²) >= 11 is 1.47. The molecule has 3 rings (SSSR count). The summed E-state index contributed by atoms with van der Waals surface area (Å²) in [7, 11) is 1.28. The summed E-state index contributed by atoms with van der Waals surface area (Å²) in [5.41, 5.74) is 0.734. The highest BCUT2D eigenvalue weighted by atomic mass is 32.2. The number of hydrogen-bond acceptors (Lipinski definition) is 6. The van der Waals surface area contributed by atoms with Crippen LogP contribution in [0.2, 0.25) is 0 Å². The number of imidazole rings is 1. The molecule has 122 valence electrons. The smallest absolute Gasteiger partial charge is 0.412 e. The molecular weight excluding hydrogens is 332 g/mol. The van der Waals surface area contributed by atoms with Gasteiger partial charge < -0.3 is 9.14 Å². The van der Waals surface area contributed by atoms with Crippen LogP contribution in [0.25, 0.3) is 5.65 Å². The zero-order valence-corrected chi connectivity index (χ0v) is 13.3. The zero-order valence-electron chi connectivity index (χ0n) is 12.5. The van der Waals surface area contributed by atoms with E-state index in [1.54, 1.807) is 22.7 Å². The second kappa shape index (κ2) is 6.59. The van der Waals surface area contributed by atoms with Gasteiger partial charge in [-0.2, -0.15) is 0 Å². The lowest BCUT2D eigenvalue weighted by molar-refractivity contribution is -0.384. The van der Waals surface area contributed by atoms with Gasteiger partial charge in [-0.05, 0) is 24.3 Å². The number of benzene rings is 1. The number of nitro groups is 1. The summed E-state index contributed by atoms with van der Waals surface area (Å²) in [5.74, 6) is 0.388. The van der Waals surface area contributed by atoms with E-state index in [9.17, 15) is 14.9 Å². The van der Waals surface area contributed by atoms with Crippen molar-refractivity contribution in [3.8, 4) is 0 Å². The third kappa shape index (κ3) is 3.46. The van der Waals surface area contributed by atoms with E-state index in [-0.39, 0.29) is 5.69 Å². The highest BCUT2D eigenvalue weighted by Crippen LogP contribution is 2.29. The van der Waals surface area contributed by atoms with E-state index < -0.39 is 11.0 Å². The van der Waals surface area contributed by atoms with Gasteiger partial charge in [-0.15, -0.1) is 0 Å². The molecule has 0 atom stereocenters. The number of hydrogen-bond donors (Lipinski definition) is 1. The van der Waals surface area contributed by atoms with Crippen LogP contribution in [0, 0.1) is 10.1 Å². The summed E-state index contributed by atoms with van der Waals surface area (Å²) in [4.78, 5) is 27.5. The molecule has 1 aromatic carbocycles. The van der Waals surface area contributed by atoms with Gasteiger partial charge in [0.25, 0.3) is 5.69 Å². The van der Waals surface area contributed by atoms with Crippen LogP contribution in [0.1, 0.15) is 0 Å². The van der Waals surface area contributed by atoms with Crippen LogP contribution >= 0.6 is 11.8 Å². The van der Waals surface area contributed by atoms with Crippen LogP contribution in [0.3, 0.4) is 0 Å². The van der Waals surface area contributed by atoms with Gasteiger partial charge in [0.15, 0.2) is 5.82 Å². The number of rotatable bonds is 4. The fraction of sp³-hybridized carbons (Fsp3) is 0.0667. The largest absolute Gasteiger partial charge is 0.453 e. The molecule has 1 N–H and O–H groups in total. The molecule has 8 nitrogen and oxygen atoms in total. The maximum Gasteiger partial charge on any atom is 0.412 e. The number of fused-ring (bicyclic) bond motifs is 1. The van der Waals surface area contributed by atoms with E-state index in [0.29, 0.717) is 11.5 Å². The van der Waals surface area contributed by atoms with Crippen molar-refractivity contribution < 1.29 is 14.5 Å². The summed E-state index contributed by atoms with van der Waals surface area (Å²) in [6.45, 7) is 0. The Morgan fingerprint density at radius 2 is 1.92 bits per heavy atom. The van der Waals surface area contributed by atoms with Crippen LogP contribution in [-0.4, -0.2) is 27.5 Å². The van der Waals surface area contributed by atoms with Gasteiger partial charge >= 0.3 is 6.09 Å². The first kappa shape index (κ1) is 15.8. The molecule has 0 aliphatic carbocycles. The molecule has 0 fully saturated rings. The van der Waals surface area contributed by atoms with Crippen molar-refractivity contribution >= 4 is 35.0 Å². The molecule has 0 unspecified atom stereocenters. The zero-order chi connectivity index (χ0) is 17.1. The van der Waals surface area contributed by atoms with E-state index in [0.717, 1.165) is 9.79 Å². The summed E-state index contributed by atoms with van der Waals surface area (Å²) in [5, 5.41) is 13.2. The Balaban J connectivity index is 1.79. The molecular formula is C15H12N4O4S. The van der Waals surface area contributed by atoms with Gasteiger partial charge in [0, 0.05) is 28.1 Å². The Morgan fingerprint density at radius 3 is 2.58 bits per heavy atom. The molecule has 0 aliphatic heterocycles. The molecule has 0 aliphatic rings. The molecule has 1 amide bonds. The lowest BCUT2D eigenvalue weighted by Crippen LogP contribution is -2.10. The number of amides is 1. The number of aromatic nitrogens is 2. The summed E-state index contributed by atoms with van der Waals surface area (Å²) < 4.78 is 6.30. The SMILES string of the molecule is COC(=O)Nc1cn2cc(Sc3ccc([N+](=O)[O-])cc3)ccc2n1. The van der Waals surface area contributed by atoms with E-state index in [4.69, 9.17) is 0 Å². The number of ether oxygens (including phenoxy) is 1. The van der Waals surface area contributed by atoms with Crippen LogP contribution < -0.4 is 5.32 Å². The van der Waals surface area contributed by atoms with Crippen LogP contribution in [0.4, 0.5) is 16.3 Å². The number of carbonyl (C=O) groups is 1. The van der Waals surface area contributed by atoms with Crippen molar-refractivity contribution in [2.45, 2.75) is 9.79 Å². The second-order valence-corrected chi connectivity index (χ2v) is 5.87. The lowest BCUT2D eigenvalue weighted by atomic mass is 10.3. The minimum Gasteiger partial charge on any atom is -0.453 e. The van der Waals surface area contributed by atoms with Crippen molar-refractivity contribution in [3.63, 3.8) is 0 Å². The van der Waals surface area contributed by atoms with Gasteiger partial charge in [-0.3, -0.25) is 15.4 Å². The number of nitro benzene ring substituents is 1. The van der Waals surface area contributed by atoms with E-state index in [1.165, 1.54) is 31.0 Å². The third-order valence-electron chi connectivity index (χ3n) is 3.12. The van der Waals surface area contributed by atoms with Gasteiger partial charge in [0.05, 0.1) is 18.2 Å².